The van der Waals surface area contributed by atoms with Gasteiger partial charge in [-0.1, -0.05) is 6.92 Å². The van der Waals surface area contributed by atoms with Crippen LogP contribution in [0.3, 0.4) is 0 Å². The molecule has 0 amide bonds. The highest BCUT2D eigenvalue weighted by Crippen LogP contribution is 2.18. The lowest BCUT2D eigenvalue weighted by Gasteiger charge is -2.01. The maximum Gasteiger partial charge on any atom is 0.336 e. The zero-order chi connectivity index (χ0) is 10.1. The van der Waals surface area contributed by atoms with Crippen LogP contribution < -0.4 is 5.63 Å². The summed E-state index contributed by atoms with van der Waals surface area (Å²) in [5.74, 6) is -0.395. The topological polar surface area (TPSA) is 30.2 Å². The van der Waals surface area contributed by atoms with Crippen LogP contribution in [0.4, 0.5) is 4.39 Å². The summed E-state index contributed by atoms with van der Waals surface area (Å²) in [5, 5.41) is 0.800. The molecule has 72 valence electrons. The minimum atomic E-state index is -0.431. The lowest BCUT2D eigenvalue weighted by Crippen LogP contribution is -1.99. The van der Waals surface area contributed by atoms with E-state index in [1.54, 1.807) is 6.07 Å². The van der Waals surface area contributed by atoms with E-state index in [4.69, 9.17) is 4.42 Å². The fraction of sp³-hybridized carbons (Fsp3) is 0.182. The van der Waals surface area contributed by atoms with Crippen molar-refractivity contribution in [1.29, 1.82) is 0 Å². The number of aryl methyl sites for hydroxylation is 1. The first-order chi connectivity index (χ1) is 6.70. The normalized spacial score (nSPS) is 10.7. The summed E-state index contributed by atoms with van der Waals surface area (Å²) in [6.07, 6.45) is 0.730. The molecule has 2 aromatic rings. The van der Waals surface area contributed by atoms with Gasteiger partial charge in [-0.15, -0.1) is 0 Å². The average Bonchev–Trinajstić information content (AvgIpc) is 2.15. The van der Waals surface area contributed by atoms with Crippen LogP contribution in [0, 0.1) is 5.82 Å². The SMILES string of the molecule is CCc1cc(=O)oc2cc(F)ccc12. The van der Waals surface area contributed by atoms with E-state index in [1.165, 1.54) is 18.2 Å². The number of benzene rings is 1. The van der Waals surface area contributed by atoms with Gasteiger partial charge in [0.15, 0.2) is 0 Å². The predicted octanol–water partition coefficient (Wildman–Crippen LogP) is 2.49. The fourth-order valence-corrected chi connectivity index (χ4v) is 1.50. The Morgan fingerprint density at radius 3 is 2.86 bits per heavy atom. The van der Waals surface area contributed by atoms with Crippen LogP contribution in [0.1, 0.15) is 12.5 Å². The van der Waals surface area contributed by atoms with E-state index in [0.29, 0.717) is 5.58 Å². The second-order valence-electron chi connectivity index (χ2n) is 3.08. The Labute approximate surface area is 80.0 Å². The van der Waals surface area contributed by atoms with Crippen LogP contribution in [0.2, 0.25) is 0 Å². The quantitative estimate of drug-likeness (QED) is 0.650. The van der Waals surface area contributed by atoms with Crippen LogP contribution in [0.25, 0.3) is 11.0 Å². The van der Waals surface area contributed by atoms with Crippen molar-refractivity contribution in [3.8, 4) is 0 Å². The summed E-state index contributed by atoms with van der Waals surface area (Å²) in [4.78, 5) is 11.1. The monoisotopic (exact) mass is 192 g/mol. The smallest absolute Gasteiger partial charge is 0.336 e. The van der Waals surface area contributed by atoms with Gasteiger partial charge in [-0.25, -0.2) is 9.18 Å². The molecule has 0 N–H and O–H groups in total. The van der Waals surface area contributed by atoms with Crippen molar-refractivity contribution < 1.29 is 8.81 Å². The first-order valence-electron chi connectivity index (χ1n) is 4.43. The van der Waals surface area contributed by atoms with Crippen molar-refractivity contribution in [2.75, 3.05) is 0 Å². The van der Waals surface area contributed by atoms with E-state index >= 15 is 0 Å². The second-order valence-corrected chi connectivity index (χ2v) is 3.08. The van der Waals surface area contributed by atoms with Gasteiger partial charge in [-0.3, -0.25) is 0 Å². The molecular weight excluding hydrogens is 183 g/mol. The minimum absolute atomic E-state index is 0.314. The standard InChI is InChI=1S/C11H9FO2/c1-2-7-5-11(13)14-10-6-8(12)3-4-9(7)10/h3-6H,2H2,1H3. The third-order valence-electron chi connectivity index (χ3n) is 2.17. The second kappa shape index (κ2) is 3.25. The van der Waals surface area contributed by atoms with Crippen LogP contribution in [-0.2, 0) is 6.42 Å². The number of hydrogen-bond donors (Lipinski definition) is 0. The summed E-state index contributed by atoms with van der Waals surface area (Å²) in [6, 6.07) is 5.67. The molecule has 0 saturated carbocycles. The van der Waals surface area contributed by atoms with Crippen LogP contribution in [0.5, 0.6) is 0 Å². The summed E-state index contributed by atoms with van der Waals surface area (Å²) < 4.78 is 17.7. The molecule has 0 saturated heterocycles. The number of halogens is 1. The molecule has 0 fully saturated rings. The Morgan fingerprint density at radius 1 is 1.36 bits per heavy atom. The summed E-state index contributed by atoms with van der Waals surface area (Å²) >= 11 is 0. The number of fused-ring (bicyclic) bond motifs is 1. The molecule has 0 atom stereocenters. The number of hydrogen-bond acceptors (Lipinski definition) is 2. The molecule has 2 rings (SSSR count). The lowest BCUT2D eigenvalue weighted by molar-refractivity contribution is 0.552. The van der Waals surface area contributed by atoms with Gasteiger partial charge in [0, 0.05) is 17.5 Å². The first kappa shape index (κ1) is 8.94. The average molecular weight is 192 g/mol. The molecule has 0 radical (unpaired) electrons. The summed E-state index contributed by atoms with van der Waals surface area (Å²) in [6.45, 7) is 1.94. The van der Waals surface area contributed by atoms with E-state index in [9.17, 15) is 9.18 Å². The van der Waals surface area contributed by atoms with E-state index in [1.807, 2.05) is 6.92 Å². The van der Waals surface area contributed by atoms with Gasteiger partial charge in [-0.2, -0.15) is 0 Å². The van der Waals surface area contributed by atoms with Gasteiger partial charge < -0.3 is 4.42 Å². The van der Waals surface area contributed by atoms with Gasteiger partial charge in [0.1, 0.15) is 11.4 Å². The molecule has 1 aromatic heterocycles. The largest absolute Gasteiger partial charge is 0.423 e. The Morgan fingerprint density at radius 2 is 2.14 bits per heavy atom. The molecule has 0 aliphatic rings. The van der Waals surface area contributed by atoms with Gasteiger partial charge in [0.25, 0.3) is 0 Å². The maximum atomic E-state index is 12.8. The van der Waals surface area contributed by atoms with Crippen LogP contribution >= 0.6 is 0 Å². The van der Waals surface area contributed by atoms with Crippen molar-refractivity contribution >= 4 is 11.0 Å². The van der Waals surface area contributed by atoms with E-state index in [-0.39, 0.29) is 0 Å². The van der Waals surface area contributed by atoms with Crippen LogP contribution in [-0.4, -0.2) is 0 Å². The highest BCUT2D eigenvalue weighted by Gasteiger charge is 2.04. The predicted molar refractivity (Wildman–Crippen MR) is 51.8 cm³/mol. The molecule has 1 aromatic carbocycles. The molecule has 0 aliphatic heterocycles. The van der Waals surface area contributed by atoms with E-state index in [0.717, 1.165) is 17.4 Å². The summed E-state index contributed by atoms with van der Waals surface area (Å²) in [5.41, 5.74) is 0.769. The first-order valence-corrected chi connectivity index (χ1v) is 4.43. The van der Waals surface area contributed by atoms with Crippen molar-refractivity contribution in [2.45, 2.75) is 13.3 Å². The van der Waals surface area contributed by atoms with Gasteiger partial charge in [0.05, 0.1) is 0 Å². The highest BCUT2D eigenvalue weighted by molar-refractivity contribution is 5.80. The van der Waals surface area contributed by atoms with Crippen LogP contribution in [0.15, 0.2) is 33.5 Å². The molecule has 14 heavy (non-hydrogen) atoms. The van der Waals surface area contributed by atoms with Gasteiger partial charge in [-0.05, 0) is 24.1 Å². The van der Waals surface area contributed by atoms with E-state index in [2.05, 4.69) is 0 Å². The van der Waals surface area contributed by atoms with Crippen molar-refractivity contribution in [2.24, 2.45) is 0 Å². The Balaban J connectivity index is 2.87. The highest BCUT2D eigenvalue weighted by atomic mass is 19.1. The Bertz CT molecular complexity index is 528. The molecule has 0 bridgehead atoms. The number of rotatable bonds is 1. The van der Waals surface area contributed by atoms with Crippen molar-refractivity contribution in [3.05, 3.63) is 46.1 Å². The third-order valence-corrected chi connectivity index (χ3v) is 2.17. The molecule has 2 nitrogen and oxygen atoms in total. The van der Waals surface area contributed by atoms with Gasteiger partial charge >= 0.3 is 5.63 Å². The van der Waals surface area contributed by atoms with E-state index < -0.39 is 11.4 Å². The molecule has 0 unspecified atom stereocenters. The molecular formula is C11H9FO2. The zero-order valence-electron chi connectivity index (χ0n) is 7.71. The molecule has 3 heteroatoms. The Kier molecular flexibility index (Phi) is 2.08. The van der Waals surface area contributed by atoms with Crippen molar-refractivity contribution in [3.63, 3.8) is 0 Å². The van der Waals surface area contributed by atoms with Gasteiger partial charge in [0.2, 0.25) is 0 Å². The molecule has 0 spiro atoms. The van der Waals surface area contributed by atoms with Crippen molar-refractivity contribution in [1.82, 2.24) is 0 Å². The third kappa shape index (κ3) is 1.41. The zero-order valence-corrected chi connectivity index (χ0v) is 7.71. The maximum absolute atomic E-state index is 12.8. The molecule has 0 aliphatic carbocycles. The minimum Gasteiger partial charge on any atom is -0.423 e. The fourth-order valence-electron chi connectivity index (χ4n) is 1.50. The summed E-state index contributed by atoms with van der Waals surface area (Å²) in [7, 11) is 0. The Hall–Kier alpha value is -1.64. The molecule has 1 heterocycles. The lowest BCUT2D eigenvalue weighted by atomic mass is 10.1.